The smallest absolute Gasteiger partial charge is 0.120 e. The Morgan fingerprint density at radius 1 is 0.667 bits per heavy atom. The van der Waals surface area contributed by atoms with Crippen molar-refractivity contribution in [2.75, 3.05) is 0 Å². The van der Waals surface area contributed by atoms with Crippen molar-refractivity contribution < 1.29 is 33.7 Å². The molecule has 6 aromatic rings. The number of pyridine rings is 2. The number of aromatic nitrogens is 2. The predicted molar refractivity (Wildman–Crippen MR) is 155 cm³/mol. The fourth-order valence-corrected chi connectivity index (χ4v) is 4.59. The Kier molecular flexibility index (Phi) is 8.51. The molecular weight excluding hydrogens is 657 g/mol. The topological polar surface area (TPSA) is 20.9 Å². The molecule has 0 atom stereocenters. The Morgan fingerprint density at radius 2 is 1.38 bits per heavy atom. The molecule has 0 aliphatic heterocycles. The van der Waals surface area contributed by atoms with E-state index in [2.05, 4.69) is 70.4 Å². The quantitative estimate of drug-likeness (QED) is 0.139. The monoisotopic (exact) mass is 687 g/mol. The number of hydrogen-bond donors (Lipinski definition) is 0. The molecule has 3 aromatic heterocycles. The van der Waals surface area contributed by atoms with Crippen LogP contribution in [-0.2, 0) is 20.1 Å². The number of furan rings is 1. The van der Waals surface area contributed by atoms with Crippen LogP contribution in [0.25, 0.3) is 44.6 Å². The first-order valence-corrected chi connectivity index (χ1v) is 12.4. The van der Waals surface area contributed by atoms with Gasteiger partial charge in [-0.1, -0.05) is 54.6 Å². The summed E-state index contributed by atoms with van der Waals surface area (Å²) < 4.78 is 9.33. The molecular formula is C35H30IrN2O-2. The summed E-state index contributed by atoms with van der Waals surface area (Å²) >= 11 is 0. The number of hydrogen-bond acceptors (Lipinski definition) is 1. The van der Waals surface area contributed by atoms with Crippen molar-refractivity contribution in [3.8, 4) is 33.6 Å². The van der Waals surface area contributed by atoms with Crippen molar-refractivity contribution in [3.63, 3.8) is 0 Å². The van der Waals surface area contributed by atoms with Crippen LogP contribution in [0.15, 0.2) is 120 Å². The second kappa shape index (κ2) is 12.0. The Balaban J connectivity index is 0.000000192. The van der Waals surface area contributed by atoms with Crippen LogP contribution in [-0.4, -0.2) is 0 Å². The number of nitrogens with zero attached hydrogens (tertiary/aromatic N) is 2. The van der Waals surface area contributed by atoms with Crippen molar-refractivity contribution >= 4 is 11.0 Å². The summed E-state index contributed by atoms with van der Waals surface area (Å²) in [6, 6.07) is 34.8. The van der Waals surface area contributed by atoms with Gasteiger partial charge in [0.25, 0.3) is 0 Å². The molecule has 1 radical (unpaired) electrons. The number of fused-ring (bicyclic) bond motifs is 1. The van der Waals surface area contributed by atoms with Gasteiger partial charge in [0.2, 0.25) is 0 Å². The average molecular weight is 687 g/mol. The van der Waals surface area contributed by atoms with E-state index >= 15 is 0 Å². The zero-order chi connectivity index (χ0) is 26.6. The first-order valence-electron chi connectivity index (χ1n) is 12.4. The molecule has 3 aromatic carbocycles. The first-order chi connectivity index (χ1) is 18.4. The van der Waals surface area contributed by atoms with E-state index in [1.54, 1.807) is 6.26 Å². The average Bonchev–Trinajstić information content (AvgIpc) is 3.41. The molecule has 0 bridgehead atoms. The summed E-state index contributed by atoms with van der Waals surface area (Å²) in [5, 5.41) is 1.04. The van der Waals surface area contributed by atoms with Crippen LogP contribution in [0.5, 0.6) is 0 Å². The molecule has 0 amide bonds. The van der Waals surface area contributed by atoms with Crippen molar-refractivity contribution in [2.24, 2.45) is 0 Å². The van der Waals surface area contributed by atoms with Gasteiger partial charge in [-0.25, -0.2) is 0 Å². The largest absolute Gasteiger partial charge is 0.466 e. The van der Waals surface area contributed by atoms with Gasteiger partial charge in [-0.2, -0.15) is 37.1 Å². The molecule has 6 rings (SSSR count). The summed E-state index contributed by atoms with van der Waals surface area (Å²) in [6.07, 6.45) is 3.62. The molecule has 3 heterocycles. The van der Waals surface area contributed by atoms with Crippen molar-refractivity contribution in [2.45, 2.75) is 6.92 Å². The minimum absolute atomic E-state index is 0. The van der Waals surface area contributed by atoms with E-state index in [1.165, 1.54) is 5.56 Å². The predicted octanol–water partition coefficient (Wildman–Crippen LogP) is 7.65. The Hall–Kier alpha value is -4.37. The molecule has 0 saturated heterocycles. The van der Waals surface area contributed by atoms with E-state index in [4.69, 9.17) is 4.42 Å². The number of rotatable bonds is 3. The van der Waals surface area contributed by atoms with Crippen molar-refractivity contribution in [3.05, 3.63) is 160 Å². The van der Waals surface area contributed by atoms with Crippen molar-refractivity contribution in [1.29, 1.82) is 0 Å². The van der Waals surface area contributed by atoms with Gasteiger partial charge in [0, 0.05) is 39.6 Å². The molecule has 0 saturated carbocycles. The molecule has 0 fully saturated rings. The zero-order valence-corrected chi connectivity index (χ0v) is 24.3. The summed E-state index contributed by atoms with van der Waals surface area (Å²) in [7, 11) is 8.14. The summed E-state index contributed by atoms with van der Waals surface area (Å²) in [5.74, 6) is 0. The third-order valence-electron chi connectivity index (χ3n) is 6.72. The Bertz CT molecular complexity index is 1720. The van der Waals surface area contributed by atoms with Crippen LogP contribution in [0.3, 0.4) is 0 Å². The summed E-state index contributed by atoms with van der Waals surface area (Å²) in [4.78, 5) is 0. The summed E-state index contributed by atoms with van der Waals surface area (Å²) in [6.45, 7) is 10.3. The zero-order valence-electron chi connectivity index (χ0n) is 21.9. The van der Waals surface area contributed by atoms with Gasteiger partial charge in [0.1, 0.15) is 5.58 Å². The second-order valence-electron chi connectivity index (χ2n) is 9.21. The van der Waals surface area contributed by atoms with Gasteiger partial charge in [0.15, 0.2) is 0 Å². The van der Waals surface area contributed by atoms with Crippen LogP contribution in [0.4, 0.5) is 0 Å². The van der Waals surface area contributed by atoms with Gasteiger partial charge in [0.05, 0.1) is 29.5 Å². The molecule has 0 unspecified atom stereocenters. The Labute approximate surface area is 244 Å². The van der Waals surface area contributed by atoms with E-state index in [0.717, 1.165) is 55.9 Å². The maximum Gasteiger partial charge on any atom is 0.120 e. The molecule has 4 heteroatoms. The molecule has 0 N–H and O–H groups in total. The van der Waals surface area contributed by atoms with Crippen LogP contribution < -0.4 is 9.13 Å². The molecule has 0 spiro atoms. The SMILES string of the molecule is [CH2-]c1ccc(-c2ccccc2)cc1-c1c2ccoc2cc[n+]1[CH2-].[CH2-]c1ccccc1-c1cccc(C)[n+]1[CH2-].[Ir]. The maximum atomic E-state index is 5.53. The van der Waals surface area contributed by atoms with Crippen molar-refractivity contribution in [1.82, 2.24) is 0 Å². The third-order valence-corrected chi connectivity index (χ3v) is 6.72. The number of aryl methyl sites for hydroxylation is 1. The van der Waals surface area contributed by atoms with Gasteiger partial charge >= 0.3 is 0 Å². The van der Waals surface area contributed by atoms with Gasteiger partial charge < -0.3 is 13.6 Å². The molecule has 39 heavy (non-hydrogen) atoms. The molecule has 0 aliphatic rings. The van der Waals surface area contributed by atoms with E-state index in [-0.39, 0.29) is 20.1 Å². The van der Waals surface area contributed by atoms with Crippen LogP contribution in [0.2, 0.25) is 0 Å². The molecule has 197 valence electrons. The fraction of sp³-hybridized carbons (Fsp3) is 0.0286. The fourth-order valence-electron chi connectivity index (χ4n) is 4.59. The minimum atomic E-state index is 0. The van der Waals surface area contributed by atoms with E-state index in [1.807, 2.05) is 82.9 Å². The van der Waals surface area contributed by atoms with Gasteiger partial charge in [-0.05, 0) is 30.2 Å². The first kappa shape index (κ1) is 27.7. The van der Waals surface area contributed by atoms with Gasteiger partial charge in [-0.15, -0.1) is 35.4 Å². The van der Waals surface area contributed by atoms with Crippen LogP contribution >= 0.6 is 0 Å². The Morgan fingerprint density at radius 3 is 2.15 bits per heavy atom. The normalized spacial score (nSPS) is 10.4. The minimum Gasteiger partial charge on any atom is -0.466 e. The van der Waals surface area contributed by atoms with Gasteiger partial charge in [-0.3, -0.25) is 0 Å². The summed E-state index contributed by atoms with van der Waals surface area (Å²) in [5.41, 5.74) is 10.6. The standard InChI is InChI=1S/C21H16NO.C14H14N.Ir/c1-15-8-9-17(16-6-4-3-5-7-16)14-19(15)21-18-11-13-23-20(18)10-12-22(21)2;1-11-7-4-5-9-13(11)14-10-6-8-12(2)15(14)3;/h3-14H,1-2H2;4-10H,1,3H2,2H3;/q2*-1;. The number of benzene rings is 3. The van der Waals surface area contributed by atoms with Crippen LogP contribution in [0.1, 0.15) is 16.8 Å². The third kappa shape index (κ3) is 5.73. The van der Waals surface area contributed by atoms with E-state index in [9.17, 15) is 0 Å². The van der Waals surface area contributed by atoms with Crippen LogP contribution in [0, 0.1) is 34.9 Å². The molecule has 3 nitrogen and oxygen atoms in total. The van der Waals surface area contributed by atoms with E-state index in [0.29, 0.717) is 0 Å². The molecule has 0 aliphatic carbocycles. The van der Waals surface area contributed by atoms with E-state index < -0.39 is 0 Å². The maximum absolute atomic E-state index is 5.53. The second-order valence-corrected chi connectivity index (χ2v) is 9.21.